The van der Waals surface area contributed by atoms with Gasteiger partial charge in [-0.25, -0.2) is 0 Å². The van der Waals surface area contributed by atoms with Crippen molar-refractivity contribution in [2.45, 2.75) is 19.4 Å². The van der Waals surface area contributed by atoms with Crippen molar-refractivity contribution < 1.29 is 0 Å². The molecule has 0 spiro atoms. The summed E-state index contributed by atoms with van der Waals surface area (Å²) in [7, 11) is 0. The third kappa shape index (κ3) is 3.04. The SMILES string of the molecule is NC(=S)c1ccc(CN2CCCc3ccccc32)c(Cl)c1. The van der Waals surface area contributed by atoms with Crippen LogP contribution < -0.4 is 10.6 Å². The van der Waals surface area contributed by atoms with Gasteiger partial charge in [0.15, 0.2) is 0 Å². The van der Waals surface area contributed by atoms with E-state index in [1.165, 1.54) is 17.7 Å². The van der Waals surface area contributed by atoms with E-state index in [4.69, 9.17) is 29.6 Å². The number of aryl methyl sites for hydroxylation is 1. The molecular formula is C17H17ClN2S. The van der Waals surface area contributed by atoms with E-state index >= 15 is 0 Å². The first-order chi connectivity index (χ1) is 10.1. The topological polar surface area (TPSA) is 29.3 Å². The lowest BCUT2D eigenvalue weighted by atomic mass is 10.0. The van der Waals surface area contributed by atoms with Crippen LogP contribution in [0.3, 0.4) is 0 Å². The molecule has 0 amide bonds. The molecular weight excluding hydrogens is 300 g/mol. The Kier molecular flexibility index (Phi) is 4.13. The smallest absolute Gasteiger partial charge is 0.104 e. The van der Waals surface area contributed by atoms with E-state index in [1.807, 2.05) is 18.2 Å². The molecule has 0 unspecified atom stereocenters. The fourth-order valence-electron chi connectivity index (χ4n) is 2.81. The third-order valence-corrected chi connectivity index (χ3v) is 4.49. The molecule has 2 aromatic carbocycles. The first kappa shape index (κ1) is 14.4. The predicted octanol–water partition coefficient (Wildman–Crippen LogP) is 3.93. The van der Waals surface area contributed by atoms with Gasteiger partial charge in [-0.05, 0) is 36.1 Å². The second-order valence-electron chi connectivity index (χ2n) is 5.32. The Bertz CT molecular complexity index is 684. The number of nitrogens with zero attached hydrogens (tertiary/aromatic N) is 1. The quantitative estimate of drug-likeness (QED) is 0.870. The van der Waals surface area contributed by atoms with Crippen molar-refractivity contribution in [2.24, 2.45) is 5.73 Å². The van der Waals surface area contributed by atoms with Crippen molar-refractivity contribution in [3.63, 3.8) is 0 Å². The molecule has 0 aliphatic carbocycles. The Balaban J connectivity index is 1.86. The average molecular weight is 317 g/mol. The van der Waals surface area contributed by atoms with Crippen LogP contribution in [0.2, 0.25) is 5.02 Å². The van der Waals surface area contributed by atoms with Crippen LogP contribution in [0.25, 0.3) is 0 Å². The fourth-order valence-corrected chi connectivity index (χ4v) is 3.18. The summed E-state index contributed by atoms with van der Waals surface area (Å²) in [5.41, 5.74) is 10.3. The molecule has 2 N–H and O–H groups in total. The number of benzene rings is 2. The van der Waals surface area contributed by atoms with Crippen LogP contribution in [0.5, 0.6) is 0 Å². The van der Waals surface area contributed by atoms with E-state index in [0.29, 0.717) is 4.99 Å². The number of rotatable bonds is 3. The van der Waals surface area contributed by atoms with Crippen molar-refractivity contribution in [3.8, 4) is 0 Å². The third-order valence-electron chi connectivity index (χ3n) is 3.91. The van der Waals surface area contributed by atoms with Crippen LogP contribution in [0.4, 0.5) is 5.69 Å². The van der Waals surface area contributed by atoms with Crippen molar-refractivity contribution in [3.05, 3.63) is 64.2 Å². The van der Waals surface area contributed by atoms with Crippen LogP contribution in [0.1, 0.15) is 23.1 Å². The van der Waals surface area contributed by atoms with Gasteiger partial charge in [0.1, 0.15) is 4.99 Å². The molecule has 0 radical (unpaired) electrons. The number of anilines is 1. The minimum absolute atomic E-state index is 0.381. The van der Waals surface area contributed by atoms with E-state index in [-0.39, 0.29) is 0 Å². The molecule has 21 heavy (non-hydrogen) atoms. The van der Waals surface area contributed by atoms with Gasteiger partial charge in [0, 0.05) is 29.4 Å². The second-order valence-corrected chi connectivity index (χ2v) is 6.17. The van der Waals surface area contributed by atoms with Gasteiger partial charge in [0.2, 0.25) is 0 Å². The minimum Gasteiger partial charge on any atom is -0.389 e. The summed E-state index contributed by atoms with van der Waals surface area (Å²) in [6, 6.07) is 14.4. The largest absolute Gasteiger partial charge is 0.389 e. The van der Waals surface area contributed by atoms with Gasteiger partial charge in [-0.2, -0.15) is 0 Å². The summed E-state index contributed by atoms with van der Waals surface area (Å²) in [5, 5.41) is 0.725. The van der Waals surface area contributed by atoms with E-state index in [1.54, 1.807) is 0 Å². The molecule has 1 heterocycles. The van der Waals surface area contributed by atoms with Gasteiger partial charge in [-0.1, -0.05) is 54.2 Å². The number of halogens is 1. The Morgan fingerprint density at radius 3 is 2.81 bits per heavy atom. The maximum atomic E-state index is 6.38. The summed E-state index contributed by atoms with van der Waals surface area (Å²) in [6.45, 7) is 1.87. The van der Waals surface area contributed by atoms with Crippen molar-refractivity contribution in [1.29, 1.82) is 0 Å². The molecule has 0 atom stereocenters. The van der Waals surface area contributed by atoms with Gasteiger partial charge in [0.25, 0.3) is 0 Å². The minimum atomic E-state index is 0.381. The van der Waals surface area contributed by atoms with Gasteiger partial charge in [0.05, 0.1) is 0 Å². The molecule has 0 saturated carbocycles. The maximum absolute atomic E-state index is 6.38. The maximum Gasteiger partial charge on any atom is 0.104 e. The van der Waals surface area contributed by atoms with Gasteiger partial charge in [-0.3, -0.25) is 0 Å². The molecule has 108 valence electrons. The lowest BCUT2D eigenvalue weighted by molar-refractivity contribution is 0.691. The highest BCUT2D eigenvalue weighted by molar-refractivity contribution is 7.80. The highest BCUT2D eigenvalue weighted by atomic mass is 35.5. The number of para-hydroxylation sites is 1. The van der Waals surface area contributed by atoms with Gasteiger partial charge in [-0.15, -0.1) is 0 Å². The number of nitrogens with two attached hydrogens (primary N) is 1. The molecule has 4 heteroatoms. The monoisotopic (exact) mass is 316 g/mol. The highest BCUT2D eigenvalue weighted by Crippen LogP contribution is 2.29. The summed E-state index contributed by atoms with van der Waals surface area (Å²) in [4.78, 5) is 2.77. The van der Waals surface area contributed by atoms with Gasteiger partial charge >= 0.3 is 0 Å². The number of hydrogen-bond acceptors (Lipinski definition) is 2. The zero-order valence-corrected chi connectivity index (χ0v) is 13.3. The van der Waals surface area contributed by atoms with Crippen molar-refractivity contribution in [1.82, 2.24) is 0 Å². The van der Waals surface area contributed by atoms with Crippen molar-refractivity contribution in [2.75, 3.05) is 11.4 Å². The van der Waals surface area contributed by atoms with E-state index in [9.17, 15) is 0 Å². The van der Waals surface area contributed by atoms with Gasteiger partial charge < -0.3 is 10.6 Å². The van der Waals surface area contributed by atoms with E-state index < -0.39 is 0 Å². The first-order valence-corrected chi connectivity index (χ1v) is 7.85. The van der Waals surface area contributed by atoms with Crippen molar-refractivity contribution >= 4 is 34.5 Å². The van der Waals surface area contributed by atoms with E-state index in [0.717, 1.165) is 35.7 Å². The number of thiocarbonyl (C=S) groups is 1. The molecule has 3 rings (SSSR count). The number of fused-ring (bicyclic) bond motifs is 1. The second kappa shape index (κ2) is 6.04. The summed E-state index contributed by atoms with van der Waals surface area (Å²) in [5.74, 6) is 0. The Morgan fingerprint density at radius 2 is 2.05 bits per heavy atom. The molecule has 2 nitrogen and oxygen atoms in total. The standard InChI is InChI=1S/C17H17ClN2S/c18-15-10-13(17(19)21)7-8-14(15)11-20-9-3-5-12-4-1-2-6-16(12)20/h1-2,4,6-8,10H,3,5,9,11H2,(H2,19,21). The van der Waals surface area contributed by atoms with Crippen LogP contribution in [-0.2, 0) is 13.0 Å². The number of hydrogen-bond donors (Lipinski definition) is 1. The highest BCUT2D eigenvalue weighted by Gasteiger charge is 2.17. The molecule has 1 aliphatic rings. The first-order valence-electron chi connectivity index (χ1n) is 7.06. The molecule has 2 aromatic rings. The Hall–Kier alpha value is -1.58. The van der Waals surface area contributed by atoms with E-state index in [2.05, 4.69) is 29.2 Å². The summed E-state index contributed by atoms with van der Waals surface area (Å²) < 4.78 is 0. The molecule has 0 saturated heterocycles. The molecule has 1 aliphatic heterocycles. The summed E-state index contributed by atoms with van der Waals surface area (Å²) >= 11 is 11.4. The Labute approximate surface area is 135 Å². The van der Waals surface area contributed by atoms with Crippen LogP contribution in [0.15, 0.2) is 42.5 Å². The molecule has 0 aromatic heterocycles. The lowest BCUT2D eigenvalue weighted by Crippen LogP contribution is -2.28. The normalized spacial score (nSPS) is 13.9. The van der Waals surface area contributed by atoms with Crippen LogP contribution >= 0.6 is 23.8 Å². The predicted molar refractivity (Wildman–Crippen MR) is 93.2 cm³/mol. The zero-order valence-electron chi connectivity index (χ0n) is 11.7. The molecule has 0 fully saturated rings. The zero-order chi connectivity index (χ0) is 14.8. The Morgan fingerprint density at radius 1 is 1.24 bits per heavy atom. The van der Waals surface area contributed by atoms with Crippen LogP contribution in [-0.4, -0.2) is 11.5 Å². The average Bonchev–Trinajstić information content (AvgIpc) is 2.49. The fraction of sp³-hybridized carbons (Fsp3) is 0.235. The molecule has 0 bridgehead atoms. The van der Waals surface area contributed by atoms with Crippen LogP contribution in [0, 0.1) is 0 Å². The lowest BCUT2D eigenvalue weighted by Gasteiger charge is -2.31. The summed E-state index contributed by atoms with van der Waals surface area (Å²) in [6.07, 6.45) is 2.33.